The summed E-state index contributed by atoms with van der Waals surface area (Å²) >= 11 is 0. The molecule has 6 nitrogen and oxygen atoms in total. The van der Waals surface area contributed by atoms with Crippen LogP contribution < -0.4 is 4.74 Å². The summed E-state index contributed by atoms with van der Waals surface area (Å²) in [6.07, 6.45) is 1.99. The molecule has 0 saturated carbocycles. The second-order valence-electron chi connectivity index (χ2n) is 6.91. The lowest BCUT2D eigenvalue weighted by Gasteiger charge is -2.20. The lowest BCUT2D eigenvalue weighted by Crippen LogP contribution is -2.34. The fraction of sp³-hybridized carbons (Fsp3) is 0.348. The van der Waals surface area contributed by atoms with E-state index in [0.717, 1.165) is 19.4 Å². The number of fused-ring (bicyclic) bond motifs is 1. The standard InChI is InChI=1S/C23H27N3O3/c1-4-6-14-25(5-2)21(27)16-26-20-15-18(29-3)12-13-19(20)22(24-26)23(28)17-10-8-7-9-11-17/h7-13,15H,4-6,14,16H2,1-3H3. The summed E-state index contributed by atoms with van der Waals surface area (Å²) < 4.78 is 6.95. The monoisotopic (exact) mass is 393 g/mol. The van der Waals surface area contributed by atoms with Crippen molar-refractivity contribution in [3.63, 3.8) is 0 Å². The van der Waals surface area contributed by atoms with Crippen molar-refractivity contribution in [2.24, 2.45) is 0 Å². The molecule has 0 spiro atoms. The van der Waals surface area contributed by atoms with Crippen LogP contribution in [0.4, 0.5) is 0 Å². The highest BCUT2D eigenvalue weighted by Gasteiger charge is 2.21. The molecule has 0 radical (unpaired) electrons. The first-order valence-electron chi connectivity index (χ1n) is 10.0. The average molecular weight is 393 g/mol. The number of aromatic nitrogens is 2. The molecule has 0 N–H and O–H groups in total. The van der Waals surface area contributed by atoms with Crippen molar-refractivity contribution in [2.75, 3.05) is 20.2 Å². The molecule has 0 unspecified atom stereocenters. The van der Waals surface area contributed by atoms with Crippen molar-refractivity contribution < 1.29 is 14.3 Å². The van der Waals surface area contributed by atoms with E-state index in [9.17, 15) is 9.59 Å². The normalized spacial score (nSPS) is 10.9. The zero-order chi connectivity index (χ0) is 20.8. The van der Waals surface area contributed by atoms with E-state index < -0.39 is 0 Å². The molecule has 0 atom stereocenters. The Kier molecular flexibility index (Phi) is 6.65. The average Bonchev–Trinajstić information content (AvgIpc) is 3.11. The van der Waals surface area contributed by atoms with E-state index in [1.807, 2.05) is 42.2 Å². The maximum absolute atomic E-state index is 13.0. The molecule has 1 heterocycles. The van der Waals surface area contributed by atoms with E-state index in [-0.39, 0.29) is 18.2 Å². The Morgan fingerprint density at radius 2 is 1.86 bits per heavy atom. The zero-order valence-electron chi connectivity index (χ0n) is 17.2. The summed E-state index contributed by atoms with van der Waals surface area (Å²) in [5.41, 5.74) is 1.63. The maximum Gasteiger partial charge on any atom is 0.244 e. The Morgan fingerprint density at radius 3 is 2.52 bits per heavy atom. The van der Waals surface area contributed by atoms with Crippen molar-refractivity contribution in [3.05, 3.63) is 59.8 Å². The summed E-state index contributed by atoms with van der Waals surface area (Å²) in [4.78, 5) is 27.7. The van der Waals surface area contributed by atoms with E-state index in [2.05, 4.69) is 12.0 Å². The van der Waals surface area contributed by atoms with Crippen LogP contribution in [0.3, 0.4) is 0 Å². The van der Waals surface area contributed by atoms with Crippen LogP contribution in [0.5, 0.6) is 5.75 Å². The van der Waals surface area contributed by atoms with Gasteiger partial charge in [0, 0.05) is 30.1 Å². The van der Waals surface area contributed by atoms with E-state index in [4.69, 9.17) is 4.74 Å². The minimum absolute atomic E-state index is 0.00752. The van der Waals surface area contributed by atoms with E-state index in [1.165, 1.54) is 0 Å². The Labute approximate surface area is 171 Å². The van der Waals surface area contributed by atoms with Crippen LogP contribution >= 0.6 is 0 Å². The largest absolute Gasteiger partial charge is 0.497 e. The minimum atomic E-state index is -0.162. The van der Waals surface area contributed by atoms with Gasteiger partial charge in [-0.2, -0.15) is 5.10 Å². The molecule has 0 bridgehead atoms. The maximum atomic E-state index is 13.0. The topological polar surface area (TPSA) is 64.4 Å². The Balaban J connectivity index is 2.00. The first-order valence-corrected chi connectivity index (χ1v) is 10.0. The van der Waals surface area contributed by atoms with Gasteiger partial charge in [0.25, 0.3) is 0 Å². The minimum Gasteiger partial charge on any atom is -0.497 e. The highest BCUT2D eigenvalue weighted by atomic mass is 16.5. The van der Waals surface area contributed by atoms with E-state index in [0.29, 0.717) is 34.5 Å². The third kappa shape index (κ3) is 4.47. The summed E-state index contributed by atoms with van der Waals surface area (Å²) in [6.45, 7) is 5.54. The second kappa shape index (κ2) is 9.37. The molecule has 0 aliphatic carbocycles. The van der Waals surface area contributed by atoms with Crippen LogP contribution in [0.1, 0.15) is 42.7 Å². The summed E-state index contributed by atoms with van der Waals surface area (Å²) in [6, 6.07) is 14.5. The molecule has 0 saturated heterocycles. The predicted molar refractivity (Wildman–Crippen MR) is 113 cm³/mol. The predicted octanol–water partition coefficient (Wildman–Crippen LogP) is 3.92. The Bertz CT molecular complexity index is 995. The number of rotatable bonds is 9. The number of unbranched alkanes of at least 4 members (excludes halogenated alkanes) is 1. The molecular weight excluding hydrogens is 366 g/mol. The van der Waals surface area contributed by atoms with Gasteiger partial charge in [0.15, 0.2) is 0 Å². The fourth-order valence-electron chi connectivity index (χ4n) is 3.33. The number of ketones is 1. The van der Waals surface area contributed by atoms with Crippen LogP contribution in [0.25, 0.3) is 10.9 Å². The van der Waals surface area contributed by atoms with Crippen LogP contribution in [0, 0.1) is 0 Å². The van der Waals surface area contributed by atoms with Crippen LogP contribution in [0.2, 0.25) is 0 Å². The van der Waals surface area contributed by atoms with Gasteiger partial charge in [0.1, 0.15) is 18.0 Å². The Morgan fingerprint density at radius 1 is 1.10 bits per heavy atom. The molecule has 29 heavy (non-hydrogen) atoms. The summed E-state index contributed by atoms with van der Waals surface area (Å²) in [7, 11) is 1.59. The highest BCUT2D eigenvalue weighted by Crippen LogP contribution is 2.26. The van der Waals surface area contributed by atoms with Crippen molar-refractivity contribution in [1.29, 1.82) is 0 Å². The van der Waals surface area contributed by atoms with Crippen LogP contribution in [-0.4, -0.2) is 46.6 Å². The van der Waals surface area contributed by atoms with Gasteiger partial charge in [-0.15, -0.1) is 0 Å². The number of benzene rings is 2. The third-order valence-electron chi connectivity index (χ3n) is 5.01. The van der Waals surface area contributed by atoms with E-state index in [1.54, 1.807) is 30.0 Å². The van der Waals surface area contributed by atoms with Crippen LogP contribution in [-0.2, 0) is 11.3 Å². The smallest absolute Gasteiger partial charge is 0.244 e. The lowest BCUT2D eigenvalue weighted by atomic mass is 10.1. The van der Waals surface area contributed by atoms with Gasteiger partial charge in [0.05, 0.1) is 12.6 Å². The first-order chi connectivity index (χ1) is 14.1. The molecule has 3 rings (SSSR count). The quantitative estimate of drug-likeness (QED) is 0.517. The van der Waals surface area contributed by atoms with Crippen molar-refractivity contribution in [3.8, 4) is 5.75 Å². The number of nitrogens with zero attached hydrogens (tertiary/aromatic N) is 3. The molecule has 0 fully saturated rings. The van der Waals surface area contributed by atoms with Gasteiger partial charge in [-0.25, -0.2) is 0 Å². The highest BCUT2D eigenvalue weighted by molar-refractivity contribution is 6.15. The molecule has 1 aromatic heterocycles. The van der Waals surface area contributed by atoms with Crippen LogP contribution in [0.15, 0.2) is 48.5 Å². The van der Waals surface area contributed by atoms with Crippen molar-refractivity contribution in [2.45, 2.75) is 33.2 Å². The van der Waals surface area contributed by atoms with Gasteiger partial charge in [-0.05, 0) is 25.5 Å². The molecular formula is C23H27N3O3. The number of carbonyl (C=O) groups is 2. The third-order valence-corrected chi connectivity index (χ3v) is 5.01. The van der Waals surface area contributed by atoms with Crippen molar-refractivity contribution in [1.82, 2.24) is 14.7 Å². The first kappa shape index (κ1) is 20.6. The van der Waals surface area contributed by atoms with Crippen molar-refractivity contribution >= 4 is 22.6 Å². The molecule has 0 aliphatic heterocycles. The second-order valence-corrected chi connectivity index (χ2v) is 6.91. The number of amides is 1. The van der Waals surface area contributed by atoms with Gasteiger partial charge >= 0.3 is 0 Å². The summed E-state index contributed by atoms with van der Waals surface area (Å²) in [5.74, 6) is 0.486. The molecule has 1 amide bonds. The number of ether oxygens (including phenoxy) is 1. The number of likely N-dealkylation sites (N-methyl/N-ethyl adjacent to an activating group) is 1. The molecule has 152 valence electrons. The number of methoxy groups -OCH3 is 1. The zero-order valence-corrected chi connectivity index (χ0v) is 17.2. The van der Waals surface area contributed by atoms with Gasteiger partial charge in [-0.1, -0.05) is 43.7 Å². The van der Waals surface area contributed by atoms with E-state index >= 15 is 0 Å². The number of carbonyl (C=O) groups excluding carboxylic acids is 2. The van der Waals surface area contributed by atoms with Gasteiger partial charge in [0.2, 0.25) is 11.7 Å². The lowest BCUT2D eigenvalue weighted by molar-refractivity contribution is -0.131. The van der Waals surface area contributed by atoms with Gasteiger partial charge < -0.3 is 9.64 Å². The number of hydrogen-bond donors (Lipinski definition) is 0. The molecule has 6 heteroatoms. The Hall–Kier alpha value is -3.15. The SMILES string of the molecule is CCCCN(CC)C(=O)Cn1nc(C(=O)c2ccccc2)c2ccc(OC)cc21. The summed E-state index contributed by atoms with van der Waals surface area (Å²) in [5, 5.41) is 5.25. The molecule has 0 aliphatic rings. The molecule has 3 aromatic rings. The molecule has 2 aromatic carbocycles. The number of hydrogen-bond acceptors (Lipinski definition) is 4. The fourth-order valence-corrected chi connectivity index (χ4v) is 3.33. The van der Waals surface area contributed by atoms with Gasteiger partial charge in [-0.3, -0.25) is 14.3 Å².